The lowest BCUT2D eigenvalue weighted by Crippen LogP contribution is -2.62. The minimum Gasteiger partial charge on any atom is -0.344 e. The van der Waals surface area contributed by atoms with Gasteiger partial charge in [-0.05, 0) is 54.9 Å². The van der Waals surface area contributed by atoms with E-state index in [4.69, 9.17) is 0 Å². The summed E-state index contributed by atoms with van der Waals surface area (Å²) in [4.78, 5) is 91.4. The normalized spacial score (nSPS) is 20.8. The lowest BCUT2D eigenvalue weighted by atomic mass is 9.85. The predicted octanol–water partition coefficient (Wildman–Crippen LogP) is 3.12. The molecule has 0 bridgehead atoms. The van der Waals surface area contributed by atoms with E-state index in [-0.39, 0.29) is 29.9 Å². The molecule has 3 unspecified atom stereocenters. The van der Waals surface area contributed by atoms with Crippen LogP contribution in [0.1, 0.15) is 103 Å². The van der Waals surface area contributed by atoms with Crippen LogP contribution in [0, 0.1) is 23.2 Å². The summed E-state index contributed by atoms with van der Waals surface area (Å²) in [5.41, 5.74) is 0.131. The highest BCUT2D eigenvalue weighted by Crippen LogP contribution is 2.43. The predicted molar refractivity (Wildman–Crippen MR) is 191 cm³/mol. The quantitative estimate of drug-likeness (QED) is 0.217. The SMILES string of the molecule is CCCC(NC(=O)C1[C@H]2CCC[C@H]2CN1C(=O)[C@@H](NC(=O)[C@H](NC(=O)c1cnccn1)C(C)C)C(C)(C)C)C(=O)C(=O)NC(C)c1ccccc1. The molecule has 1 saturated heterocycles. The first-order valence-electron chi connectivity index (χ1n) is 18.0. The highest BCUT2D eigenvalue weighted by atomic mass is 16.2. The Bertz CT molecular complexity index is 1560. The Morgan fingerprint density at radius 3 is 2.24 bits per heavy atom. The van der Waals surface area contributed by atoms with E-state index in [2.05, 4.69) is 31.2 Å². The molecule has 276 valence electrons. The lowest BCUT2D eigenvalue weighted by Gasteiger charge is -2.37. The number of likely N-dealkylation sites (tertiary alicyclic amines) is 1. The molecule has 1 saturated carbocycles. The molecular formula is C38H53N7O6. The average molecular weight is 704 g/mol. The van der Waals surface area contributed by atoms with Gasteiger partial charge in [0.25, 0.3) is 11.8 Å². The van der Waals surface area contributed by atoms with Crippen molar-refractivity contribution in [3.05, 3.63) is 60.2 Å². The number of nitrogens with zero attached hydrogens (tertiary/aromatic N) is 3. The van der Waals surface area contributed by atoms with Gasteiger partial charge in [-0.1, -0.05) is 84.7 Å². The maximum Gasteiger partial charge on any atom is 0.290 e. The number of rotatable bonds is 14. The van der Waals surface area contributed by atoms with Gasteiger partial charge in [-0.25, -0.2) is 4.98 Å². The van der Waals surface area contributed by atoms with Crippen LogP contribution in [0.15, 0.2) is 48.9 Å². The number of amides is 5. The van der Waals surface area contributed by atoms with Crippen molar-refractivity contribution in [1.82, 2.24) is 36.1 Å². The molecule has 13 nitrogen and oxygen atoms in total. The molecule has 1 aliphatic carbocycles. The van der Waals surface area contributed by atoms with Crippen molar-refractivity contribution in [1.29, 1.82) is 0 Å². The van der Waals surface area contributed by atoms with Gasteiger partial charge in [-0.2, -0.15) is 0 Å². The van der Waals surface area contributed by atoms with Gasteiger partial charge in [0, 0.05) is 18.9 Å². The second kappa shape index (κ2) is 17.0. The van der Waals surface area contributed by atoms with Crippen molar-refractivity contribution in [2.45, 2.75) is 111 Å². The van der Waals surface area contributed by atoms with Gasteiger partial charge in [0.15, 0.2) is 0 Å². The van der Waals surface area contributed by atoms with Crippen LogP contribution in [0.4, 0.5) is 0 Å². The first-order valence-corrected chi connectivity index (χ1v) is 18.0. The van der Waals surface area contributed by atoms with E-state index < -0.39 is 70.9 Å². The van der Waals surface area contributed by atoms with E-state index in [1.807, 2.05) is 58.0 Å². The Morgan fingerprint density at radius 1 is 0.922 bits per heavy atom. The third-order valence-corrected chi connectivity index (χ3v) is 9.95. The molecule has 13 heteroatoms. The topological polar surface area (TPSA) is 180 Å². The first kappa shape index (κ1) is 39.1. The summed E-state index contributed by atoms with van der Waals surface area (Å²) < 4.78 is 0. The number of aromatic nitrogens is 2. The summed E-state index contributed by atoms with van der Waals surface area (Å²) in [5, 5.41) is 11.2. The van der Waals surface area contributed by atoms with E-state index in [1.54, 1.807) is 25.7 Å². The van der Waals surface area contributed by atoms with Gasteiger partial charge >= 0.3 is 0 Å². The monoisotopic (exact) mass is 703 g/mol. The Balaban J connectivity index is 1.52. The fraction of sp³-hybridized carbons (Fsp3) is 0.579. The first-order chi connectivity index (χ1) is 24.1. The Kier molecular flexibility index (Phi) is 13.1. The van der Waals surface area contributed by atoms with Crippen LogP contribution in [0.5, 0.6) is 0 Å². The maximum absolute atomic E-state index is 14.5. The van der Waals surface area contributed by atoms with Crippen molar-refractivity contribution < 1.29 is 28.8 Å². The average Bonchev–Trinajstić information content (AvgIpc) is 3.70. The van der Waals surface area contributed by atoms with E-state index in [0.29, 0.717) is 13.0 Å². The molecular weight excluding hydrogens is 650 g/mol. The molecule has 2 fully saturated rings. The zero-order valence-corrected chi connectivity index (χ0v) is 30.8. The minimum absolute atomic E-state index is 0.0555. The molecule has 5 amide bonds. The third-order valence-electron chi connectivity index (χ3n) is 9.95. The zero-order valence-electron chi connectivity index (χ0n) is 30.8. The zero-order chi connectivity index (χ0) is 37.5. The van der Waals surface area contributed by atoms with Crippen LogP contribution in [0.25, 0.3) is 0 Å². The lowest BCUT2D eigenvalue weighted by molar-refractivity contribution is -0.146. The highest BCUT2D eigenvalue weighted by Gasteiger charge is 2.52. The number of Topliss-reactive ketones (excluding diaryl/α,β-unsaturated/α-hetero) is 1. The van der Waals surface area contributed by atoms with Gasteiger partial charge in [-0.3, -0.25) is 33.8 Å². The molecule has 1 aliphatic heterocycles. The highest BCUT2D eigenvalue weighted by molar-refractivity contribution is 6.38. The van der Waals surface area contributed by atoms with Gasteiger partial charge in [-0.15, -0.1) is 0 Å². The van der Waals surface area contributed by atoms with Crippen LogP contribution in [0.3, 0.4) is 0 Å². The van der Waals surface area contributed by atoms with Crippen molar-refractivity contribution in [3.63, 3.8) is 0 Å². The number of nitrogens with one attached hydrogen (secondary N) is 4. The number of hydrogen-bond donors (Lipinski definition) is 4. The molecule has 51 heavy (non-hydrogen) atoms. The van der Waals surface area contributed by atoms with Crippen LogP contribution in [-0.2, 0) is 24.0 Å². The smallest absolute Gasteiger partial charge is 0.290 e. The standard InChI is InChI=1S/C38H53N7O6/c1-8-13-27(31(46)36(50)41-23(4)24-14-10-9-11-15-24)42-35(49)30-26-17-12-16-25(26)21-45(30)37(51)32(38(5,6)7)44-34(48)29(22(2)3)43-33(47)28-20-39-18-19-40-28/h9-11,14-15,18-20,22-23,25-27,29-30,32H,8,12-13,16-17,21H2,1-7H3,(H,41,50)(H,42,49)(H,43,47)(H,44,48)/t23?,25-,26-,27?,29+,30?,32+/m0/s1. The number of carbonyl (C=O) groups excluding carboxylic acids is 6. The summed E-state index contributed by atoms with van der Waals surface area (Å²) in [6.07, 6.45) is 7.43. The number of carbonyl (C=O) groups is 6. The van der Waals surface area contributed by atoms with Gasteiger partial charge in [0.1, 0.15) is 23.8 Å². The number of benzene rings is 1. The number of fused-ring (bicyclic) bond motifs is 1. The maximum atomic E-state index is 14.5. The Hall–Kier alpha value is -4.68. The molecule has 1 aromatic carbocycles. The van der Waals surface area contributed by atoms with Crippen molar-refractivity contribution in [2.24, 2.45) is 23.2 Å². The largest absolute Gasteiger partial charge is 0.344 e. The van der Waals surface area contributed by atoms with Crippen LogP contribution < -0.4 is 21.3 Å². The molecule has 2 heterocycles. The summed E-state index contributed by atoms with van der Waals surface area (Å²) >= 11 is 0. The van der Waals surface area contributed by atoms with Gasteiger partial charge in [0.05, 0.1) is 18.3 Å². The Morgan fingerprint density at radius 2 is 1.63 bits per heavy atom. The second-order valence-corrected chi connectivity index (χ2v) is 15.2. The molecule has 7 atom stereocenters. The molecule has 4 N–H and O–H groups in total. The van der Waals surface area contributed by atoms with Crippen molar-refractivity contribution >= 4 is 35.3 Å². The van der Waals surface area contributed by atoms with Gasteiger partial charge in [0.2, 0.25) is 23.5 Å². The van der Waals surface area contributed by atoms with E-state index in [0.717, 1.165) is 24.8 Å². The van der Waals surface area contributed by atoms with E-state index >= 15 is 0 Å². The van der Waals surface area contributed by atoms with Crippen LogP contribution in [0.2, 0.25) is 0 Å². The third kappa shape index (κ3) is 9.56. The summed E-state index contributed by atoms with van der Waals surface area (Å²) in [5.74, 6) is -3.90. The molecule has 1 aromatic heterocycles. The fourth-order valence-corrected chi connectivity index (χ4v) is 7.15. The fourth-order valence-electron chi connectivity index (χ4n) is 7.15. The van der Waals surface area contributed by atoms with Crippen molar-refractivity contribution in [3.8, 4) is 0 Å². The minimum atomic E-state index is -1.06. The van der Waals surface area contributed by atoms with Gasteiger partial charge < -0.3 is 26.2 Å². The second-order valence-electron chi connectivity index (χ2n) is 15.2. The Labute approximate surface area is 300 Å². The number of hydrogen-bond acceptors (Lipinski definition) is 8. The van der Waals surface area contributed by atoms with Crippen LogP contribution >= 0.6 is 0 Å². The van der Waals surface area contributed by atoms with Crippen LogP contribution in [-0.4, -0.2) is 80.9 Å². The number of ketones is 1. The summed E-state index contributed by atoms with van der Waals surface area (Å²) in [7, 11) is 0. The van der Waals surface area contributed by atoms with E-state index in [1.165, 1.54) is 18.6 Å². The molecule has 0 spiro atoms. The molecule has 0 radical (unpaired) electrons. The summed E-state index contributed by atoms with van der Waals surface area (Å²) in [6.45, 7) is 13.0. The van der Waals surface area contributed by atoms with E-state index in [9.17, 15) is 28.8 Å². The summed E-state index contributed by atoms with van der Waals surface area (Å²) in [6, 6.07) is 4.91. The van der Waals surface area contributed by atoms with Crippen molar-refractivity contribution in [2.75, 3.05) is 6.54 Å². The molecule has 2 aliphatic rings. The molecule has 4 rings (SSSR count). The molecule has 2 aromatic rings.